The number of phenols is 1. The Labute approximate surface area is 512 Å². The smallest absolute Gasteiger partial charge is 0.246 e. The first-order chi connectivity index (χ1) is 41.7. The van der Waals surface area contributed by atoms with Gasteiger partial charge < -0.3 is 75.1 Å². The fraction of sp³-hybridized carbons (Fsp3) is 0.516. The molecule has 16 N–H and O–H groups in total. The summed E-state index contributed by atoms with van der Waals surface area (Å²) in [5.74, 6) is -12.3. The molecular formula is C62H87N13O13. The molecule has 2 aliphatic rings. The number of hydrogen-bond acceptors (Lipinski definition) is 14. The molecule has 3 aromatic carbocycles. The number of carbonyl (C=O) groups is 12. The zero-order valence-electron chi connectivity index (χ0n) is 50.8. The van der Waals surface area contributed by atoms with Gasteiger partial charge in [0.2, 0.25) is 70.9 Å². The van der Waals surface area contributed by atoms with Gasteiger partial charge in [0.15, 0.2) is 0 Å². The van der Waals surface area contributed by atoms with Crippen molar-refractivity contribution >= 4 is 70.9 Å². The summed E-state index contributed by atoms with van der Waals surface area (Å²) < 4.78 is 0. The number of nitrogens with two attached hydrogens (primary N) is 3. The number of hydrogen-bond donors (Lipinski definition) is 13. The normalized spacial score (nSPS) is 24.6. The molecule has 26 nitrogen and oxygen atoms in total. The Morgan fingerprint density at radius 3 is 1.31 bits per heavy atom. The molecule has 12 amide bonds. The highest BCUT2D eigenvalue weighted by atomic mass is 16.3. The summed E-state index contributed by atoms with van der Waals surface area (Å²) in [6.07, 6.45) is -1.52. The van der Waals surface area contributed by atoms with E-state index in [0.29, 0.717) is 23.1 Å². The molecule has 0 aromatic heterocycles. The Balaban J connectivity index is 1.65. The molecule has 0 unspecified atom stereocenters. The Bertz CT molecular complexity index is 2930. The predicted molar refractivity (Wildman–Crippen MR) is 324 cm³/mol. The van der Waals surface area contributed by atoms with Gasteiger partial charge in [0.25, 0.3) is 0 Å². The summed E-state index contributed by atoms with van der Waals surface area (Å²) >= 11 is 0. The minimum Gasteiger partial charge on any atom is -0.508 e. The van der Waals surface area contributed by atoms with Crippen LogP contribution in [0.4, 0.5) is 0 Å². The van der Waals surface area contributed by atoms with Gasteiger partial charge in [-0.05, 0) is 91.6 Å². The number of amides is 12. The van der Waals surface area contributed by atoms with Crippen molar-refractivity contribution < 1.29 is 62.6 Å². The fourth-order valence-electron chi connectivity index (χ4n) is 10.5. The molecule has 0 aliphatic carbocycles. The summed E-state index contributed by atoms with van der Waals surface area (Å²) in [4.78, 5) is 172. The Morgan fingerprint density at radius 2 is 0.852 bits per heavy atom. The van der Waals surface area contributed by atoms with Gasteiger partial charge in [0, 0.05) is 25.8 Å². The second-order valence-corrected chi connectivity index (χ2v) is 23.7. The lowest BCUT2D eigenvalue weighted by atomic mass is 9.98. The van der Waals surface area contributed by atoms with E-state index in [0.717, 1.165) is 0 Å². The van der Waals surface area contributed by atoms with Crippen molar-refractivity contribution in [1.29, 1.82) is 0 Å². The maximum absolute atomic E-state index is 15.1. The zero-order valence-corrected chi connectivity index (χ0v) is 50.8. The molecule has 10 atom stereocenters. The zero-order chi connectivity index (χ0) is 64.8. The minimum absolute atomic E-state index is 0.00884. The highest BCUT2D eigenvalue weighted by Crippen LogP contribution is 2.22. The van der Waals surface area contributed by atoms with Crippen LogP contribution < -0.4 is 65.1 Å². The van der Waals surface area contributed by atoms with Gasteiger partial charge in [0.05, 0.1) is 12.8 Å². The molecule has 5 rings (SSSR count). The van der Waals surface area contributed by atoms with E-state index in [1.54, 1.807) is 88.4 Å². The van der Waals surface area contributed by atoms with Gasteiger partial charge in [-0.15, -0.1) is 0 Å². The monoisotopic (exact) mass is 1220 g/mol. The summed E-state index contributed by atoms with van der Waals surface area (Å²) in [7, 11) is 0. The van der Waals surface area contributed by atoms with E-state index < -0.39 is 150 Å². The van der Waals surface area contributed by atoms with E-state index in [1.807, 2.05) is 13.8 Å². The van der Waals surface area contributed by atoms with Crippen molar-refractivity contribution in [2.75, 3.05) is 13.1 Å². The summed E-state index contributed by atoms with van der Waals surface area (Å²) in [5.41, 5.74) is 18.7. The van der Waals surface area contributed by atoms with Crippen LogP contribution in [0.1, 0.15) is 110 Å². The number of rotatable bonds is 18. The van der Waals surface area contributed by atoms with Crippen molar-refractivity contribution in [3.63, 3.8) is 0 Å². The molecule has 2 saturated heterocycles. The third-order valence-corrected chi connectivity index (χ3v) is 15.0. The highest BCUT2D eigenvalue weighted by molar-refractivity contribution is 6.01. The quantitative estimate of drug-likeness (QED) is 0.0729. The maximum Gasteiger partial charge on any atom is 0.246 e. The first-order valence-electron chi connectivity index (χ1n) is 29.9. The number of phenolic OH excluding ortho intramolecular Hbond substituents is 1. The van der Waals surface area contributed by atoms with Crippen LogP contribution in [0.3, 0.4) is 0 Å². The van der Waals surface area contributed by atoms with Gasteiger partial charge in [-0.2, -0.15) is 0 Å². The predicted octanol–water partition coefficient (Wildman–Crippen LogP) is -0.974. The van der Waals surface area contributed by atoms with Crippen LogP contribution in [0, 0.1) is 17.8 Å². The van der Waals surface area contributed by atoms with Crippen molar-refractivity contribution in [3.05, 3.63) is 102 Å². The second kappa shape index (κ2) is 33.8. The van der Waals surface area contributed by atoms with Crippen molar-refractivity contribution in [3.8, 4) is 5.75 Å². The fourth-order valence-corrected chi connectivity index (χ4v) is 10.5. The lowest BCUT2D eigenvalue weighted by molar-refractivity contribution is -0.142. The second-order valence-electron chi connectivity index (χ2n) is 23.7. The van der Waals surface area contributed by atoms with Crippen molar-refractivity contribution in [2.45, 2.75) is 173 Å². The Kier molecular flexibility index (Phi) is 26.8. The lowest BCUT2D eigenvalue weighted by Gasteiger charge is -2.32. The van der Waals surface area contributed by atoms with Crippen LogP contribution in [-0.4, -0.2) is 154 Å². The molecule has 0 radical (unpaired) electrons. The first kappa shape index (κ1) is 69.8. The number of fused-ring (bicyclic) bond motifs is 1. The molecule has 2 aliphatic heterocycles. The summed E-state index contributed by atoms with van der Waals surface area (Å²) in [6, 6.07) is 8.28. The lowest BCUT2D eigenvalue weighted by Crippen LogP contribution is -2.62. The minimum atomic E-state index is -1.87. The van der Waals surface area contributed by atoms with Crippen molar-refractivity contribution in [2.24, 2.45) is 35.0 Å². The van der Waals surface area contributed by atoms with Gasteiger partial charge in [-0.1, -0.05) is 114 Å². The molecule has 2 fully saturated rings. The molecule has 0 saturated carbocycles. The molecule has 478 valence electrons. The topological polar surface area (TPSA) is 415 Å². The number of nitrogens with zero attached hydrogens (tertiary/aromatic N) is 1. The average molecular weight is 1220 g/mol. The van der Waals surface area contributed by atoms with Crippen LogP contribution in [-0.2, 0) is 76.8 Å². The van der Waals surface area contributed by atoms with Crippen LogP contribution in [0.2, 0.25) is 0 Å². The van der Waals surface area contributed by atoms with Crippen molar-refractivity contribution in [1.82, 2.24) is 52.8 Å². The number of carbonyl (C=O) groups excluding carboxylic acids is 12. The summed E-state index contributed by atoms with van der Waals surface area (Å²) in [6.45, 7) is 10.5. The largest absolute Gasteiger partial charge is 0.508 e. The molecular weight excluding hydrogens is 1130 g/mol. The van der Waals surface area contributed by atoms with Gasteiger partial charge in [-0.3, -0.25) is 57.5 Å². The first-order valence-corrected chi connectivity index (χ1v) is 29.9. The molecule has 2 heterocycles. The van der Waals surface area contributed by atoms with Crippen LogP contribution in [0.25, 0.3) is 0 Å². The van der Waals surface area contributed by atoms with Gasteiger partial charge >= 0.3 is 0 Å². The number of benzene rings is 3. The number of aromatic hydroxyl groups is 1. The average Bonchev–Trinajstić information content (AvgIpc) is 2.21. The highest BCUT2D eigenvalue weighted by Gasteiger charge is 2.42. The van der Waals surface area contributed by atoms with Crippen LogP contribution >= 0.6 is 0 Å². The number of primary amides is 2. The van der Waals surface area contributed by atoms with Gasteiger partial charge in [0.1, 0.15) is 66.2 Å². The van der Waals surface area contributed by atoms with E-state index in [2.05, 4.69) is 47.9 Å². The number of nitrogens with one attached hydrogen (secondary N) is 9. The van der Waals surface area contributed by atoms with Crippen LogP contribution in [0.5, 0.6) is 5.75 Å². The summed E-state index contributed by atoms with van der Waals surface area (Å²) in [5, 5.41) is 34.0. The third-order valence-electron chi connectivity index (χ3n) is 15.0. The maximum atomic E-state index is 15.1. The Morgan fingerprint density at radius 1 is 0.477 bits per heavy atom. The Hall–Kier alpha value is -8.94. The van der Waals surface area contributed by atoms with E-state index in [-0.39, 0.29) is 82.0 Å². The molecule has 3 aromatic rings. The molecule has 0 bridgehead atoms. The van der Waals surface area contributed by atoms with Crippen LogP contribution in [0.15, 0.2) is 84.9 Å². The van der Waals surface area contributed by atoms with E-state index >= 15 is 4.79 Å². The van der Waals surface area contributed by atoms with E-state index in [9.17, 15) is 57.8 Å². The van der Waals surface area contributed by atoms with Gasteiger partial charge in [-0.25, -0.2) is 0 Å². The van der Waals surface area contributed by atoms with E-state index in [4.69, 9.17) is 17.2 Å². The molecule has 0 spiro atoms. The van der Waals surface area contributed by atoms with E-state index in [1.165, 1.54) is 29.2 Å². The standard InChI is InChI=1S/C62H87N13O13/c1-34(2)27-42-54(80)73-48(31-38-17-11-8-12-18-38)62(88)75-26-14-20-49(75)60(86)72-45(30-39-21-23-40(76)24-22-39)56(82)69-44(29-37-15-9-7-10-16-37)55(81)70-47(33-51(65)78)58(84)71-46(32-50(64)77)57(83)68-43(28-35(3)4)59(85)74-52(36(5)6)61(87)66-41(19-13-25-63)53(79)67-42/h7-12,15-18,21-24,34-36,41-49,52,76H,13-14,19-20,25-33,63H2,1-6H3,(H2,64,77)(H2,65,78)(H,66,87)(H,67,79)(H,68,83)(H,69,82)(H,70,81)(H,71,84)(H,72,86)(H,73,80)(H,74,85)/t41-,42-,43-,44-,45-,46-,47-,48+,49-,52-/m0/s1. The third kappa shape index (κ3) is 21.8. The molecule has 88 heavy (non-hydrogen) atoms. The SMILES string of the molecule is CC(C)C[C@@H]1NC(=O)[C@H](CC(N)=O)NC(=O)[C@H](CC(N)=O)NC(=O)[C@H](Cc2ccccc2)NC(=O)[C@H](Cc2ccc(O)cc2)NC(=O)[C@@H]2CCCN2C(=O)[C@@H](Cc2ccccc2)NC(=O)[C@H](CC(C)C)NC(=O)[C@H](CCCN)NC(=O)[C@H](C(C)C)NC1=O. The molecule has 26 heteroatoms.